The first-order chi connectivity index (χ1) is 12.2. The monoisotopic (exact) mass is 374 g/mol. The lowest BCUT2D eigenvalue weighted by Gasteiger charge is -2.13. The highest BCUT2D eigenvalue weighted by molar-refractivity contribution is 5.94. The summed E-state index contributed by atoms with van der Waals surface area (Å²) in [4.78, 5) is 16.9. The third-order valence-electron chi connectivity index (χ3n) is 4.71. The molecule has 0 spiro atoms. The first-order valence-electron chi connectivity index (χ1n) is 8.71. The van der Waals surface area contributed by atoms with Crippen molar-refractivity contribution in [3.8, 4) is 0 Å². The fourth-order valence-electron chi connectivity index (χ4n) is 3.41. The van der Waals surface area contributed by atoms with Crippen LogP contribution in [-0.4, -0.2) is 38.7 Å². The van der Waals surface area contributed by atoms with Gasteiger partial charge in [0, 0.05) is 43.9 Å². The molecule has 0 saturated heterocycles. The number of carbonyl (C=O) groups is 1. The number of nitrogens with zero attached hydrogens (tertiary/aromatic N) is 3. The second-order valence-corrected chi connectivity index (χ2v) is 6.36. The molecule has 3 N–H and O–H groups in total. The van der Waals surface area contributed by atoms with Crippen molar-refractivity contribution in [2.45, 2.75) is 32.9 Å². The number of benzene rings is 1. The van der Waals surface area contributed by atoms with Gasteiger partial charge in [-0.15, -0.1) is 12.4 Å². The van der Waals surface area contributed by atoms with Crippen LogP contribution >= 0.6 is 12.4 Å². The van der Waals surface area contributed by atoms with Crippen LogP contribution in [0.2, 0.25) is 0 Å². The highest BCUT2D eigenvalue weighted by Crippen LogP contribution is 2.16. The third kappa shape index (κ3) is 3.45. The molecule has 138 valence electrons. The number of rotatable bonds is 5. The Balaban J connectivity index is 0.00000196. The zero-order chi connectivity index (χ0) is 17.2. The van der Waals surface area contributed by atoms with Crippen LogP contribution < -0.4 is 10.6 Å². The second-order valence-electron chi connectivity index (χ2n) is 6.36. The Hall–Kier alpha value is -2.38. The Bertz CT molecular complexity index is 916. The molecule has 3 heterocycles. The van der Waals surface area contributed by atoms with Crippen molar-refractivity contribution in [2.24, 2.45) is 0 Å². The summed E-state index contributed by atoms with van der Waals surface area (Å²) in [6.07, 6.45) is 1.74. The number of hydrogen-bond donors (Lipinski definition) is 3. The molecule has 0 saturated carbocycles. The average Bonchev–Trinajstić information content (AvgIpc) is 3.19. The normalized spacial score (nSPS) is 13.3. The van der Waals surface area contributed by atoms with E-state index in [1.165, 1.54) is 0 Å². The molecule has 4 rings (SSSR count). The summed E-state index contributed by atoms with van der Waals surface area (Å²) in [5, 5.41) is 13.4. The SMILES string of the molecule is Cc1nc2ccccc2n1CCCNC(=O)c1n[nH]c2c1CNCC2.Cl. The highest BCUT2D eigenvalue weighted by atomic mass is 35.5. The van der Waals surface area contributed by atoms with Gasteiger partial charge in [-0.25, -0.2) is 4.98 Å². The van der Waals surface area contributed by atoms with Crippen molar-refractivity contribution < 1.29 is 4.79 Å². The van der Waals surface area contributed by atoms with Gasteiger partial charge in [-0.05, 0) is 25.5 Å². The lowest BCUT2D eigenvalue weighted by Crippen LogP contribution is -2.29. The van der Waals surface area contributed by atoms with Gasteiger partial charge < -0.3 is 15.2 Å². The fourth-order valence-corrected chi connectivity index (χ4v) is 3.41. The maximum absolute atomic E-state index is 12.4. The van der Waals surface area contributed by atoms with Gasteiger partial charge in [0.25, 0.3) is 5.91 Å². The van der Waals surface area contributed by atoms with E-state index in [1.807, 2.05) is 25.1 Å². The zero-order valence-electron chi connectivity index (χ0n) is 14.7. The van der Waals surface area contributed by atoms with Crippen molar-refractivity contribution >= 4 is 29.3 Å². The van der Waals surface area contributed by atoms with Crippen LogP contribution in [-0.2, 0) is 19.5 Å². The van der Waals surface area contributed by atoms with Crippen molar-refractivity contribution in [3.05, 3.63) is 47.0 Å². The number of imidazole rings is 1. The quantitative estimate of drug-likeness (QED) is 0.596. The number of aromatic amines is 1. The zero-order valence-corrected chi connectivity index (χ0v) is 15.5. The number of aryl methyl sites for hydroxylation is 2. The minimum atomic E-state index is -0.103. The van der Waals surface area contributed by atoms with E-state index >= 15 is 0 Å². The van der Waals surface area contributed by atoms with E-state index in [2.05, 4.69) is 36.4 Å². The molecule has 0 aliphatic carbocycles. The molecule has 0 radical (unpaired) electrons. The van der Waals surface area contributed by atoms with Crippen LogP contribution in [0, 0.1) is 6.92 Å². The summed E-state index contributed by atoms with van der Waals surface area (Å²) >= 11 is 0. The van der Waals surface area contributed by atoms with Gasteiger partial charge in [-0.1, -0.05) is 12.1 Å². The van der Waals surface area contributed by atoms with E-state index < -0.39 is 0 Å². The molecule has 0 fully saturated rings. The molecular formula is C18H23ClN6O. The van der Waals surface area contributed by atoms with Gasteiger partial charge in [0.15, 0.2) is 5.69 Å². The van der Waals surface area contributed by atoms with Crippen molar-refractivity contribution in [1.29, 1.82) is 0 Å². The van der Waals surface area contributed by atoms with E-state index in [1.54, 1.807) is 0 Å². The number of nitrogens with one attached hydrogen (secondary N) is 3. The van der Waals surface area contributed by atoms with Crippen molar-refractivity contribution in [2.75, 3.05) is 13.1 Å². The number of carbonyl (C=O) groups excluding carboxylic acids is 1. The van der Waals surface area contributed by atoms with E-state index in [9.17, 15) is 4.79 Å². The van der Waals surface area contributed by atoms with E-state index in [0.29, 0.717) is 18.8 Å². The number of aromatic nitrogens is 4. The molecule has 1 amide bonds. The Morgan fingerprint density at radius 3 is 3.08 bits per heavy atom. The van der Waals surface area contributed by atoms with Gasteiger partial charge in [0.1, 0.15) is 5.82 Å². The molecule has 0 atom stereocenters. The van der Waals surface area contributed by atoms with Gasteiger partial charge in [0.2, 0.25) is 0 Å². The Labute approximate surface area is 158 Å². The smallest absolute Gasteiger partial charge is 0.272 e. The Morgan fingerprint density at radius 1 is 1.35 bits per heavy atom. The number of para-hydroxylation sites is 2. The maximum atomic E-state index is 12.4. The molecule has 1 aromatic carbocycles. The molecular weight excluding hydrogens is 352 g/mol. The van der Waals surface area contributed by atoms with E-state index in [0.717, 1.165) is 54.0 Å². The molecule has 7 nitrogen and oxygen atoms in total. The predicted molar refractivity (Wildman–Crippen MR) is 103 cm³/mol. The number of fused-ring (bicyclic) bond motifs is 2. The molecule has 3 aromatic rings. The van der Waals surface area contributed by atoms with Crippen molar-refractivity contribution in [1.82, 2.24) is 30.4 Å². The minimum absolute atomic E-state index is 0. The maximum Gasteiger partial charge on any atom is 0.272 e. The largest absolute Gasteiger partial charge is 0.351 e. The summed E-state index contributed by atoms with van der Waals surface area (Å²) in [5.74, 6) is 0.897. The highest BCUT2D eigenvalue weighted by Gasteiger charge is 2.21. The van der Waals surface area contributed by atoms with Gasteiger partial charge in [-0.2, -0.15) is 5.10 Å². The van der Waals surface area contributed by atoms with Crippen LogP contribution in [0.25, 0.3) is 11.0 Å². The summed E-state index contributed by atoms with van der Waals surface area (Å²) < 4.78 is 2.20. The lowest BCUT2D eigenvalue weighted by molar-refractivity contribution is 0.0946. The number of halogens is 1. The van der Waals surface area contributed by atoms with Gasteiger partial charge in [0.05, 0.1) is 11.0 Å². The number of H-pyrrole nitrogens is 1. The summed E-state index contributed by atoms with van der Waals surface area (Å²) in [7, 11) is 0. The van der Waals surface area contributed by atoms with Crippen molar-refractivity contribution in [3.63, 3.8) is 0 Å². The van der Waals surface area contributed by atoms with Crippen LogP contribution in [0.5, 0.6) is 0 Å². The van der Waals surface area contributed by atoms with E-state index in [-0.39, 0.29) is 18.3 Å². The summed E-state index contributed by atoms with van der Waals surface area (Å²) in [6, 6.07) is 8.13. The molecule has 2 aromatic heterocycles. The molecule has 26 heavy (non-hydrogen) atoms. The molecule has 1 aliphatic rings. The molecule has 1 aliphatic heterocycles. The lowest BCUT2D eigenvalue weighted by atomic mass is 10.1. The second kappa shape index (κ2) is 7.88. The standard InChI is InChI=1S/C18H22N6O.ClH/c1-12-21-15-5-2-3-6-16(15)24(12)10-4-8-20-18(25)17-13-11-19-9-7-14(13)22-23-17;/h2-3,5-6,19H,4,7-11H2,1H3,(H,20,25)(H,22,23);1H. The van der Waals surface area contributed by atoms with Crippen LogP contribution in [0.15, 0.2) is 24.3 Å². The molecule has 0 unspecified atom stereocenters. The van der Waals surface area contributed by atoms with Crippen LogP contribution in [0.1, 0.15) is 34.0 Å². The first kappa shape index (κ1) is 18.4. The molecule has 0 bridgehead atoms. The summed E-state index contributed by atoms with van der Waals surface area (Å²) in [6.45, 7) is 5.08. The number of amides is 1. The Morgan fingerprint density at radius 2 is 2.19 bits per heavy atom. The minimum Gasteiger partial charge on any atom is -0.351 e. The van der Waals surface area contributed by atoms with Gasteiger partial charge in [-0.3, -0.25) is 9.89 Å². The Kier molecular flexibility index (Phi) is 5.58. The van der Waals surface area contributed by atoms with Crippen LogP contribution in [0.3, 0.4) is 0 Å². The average molecular weight is 375 g/mol. The predicted octanol–water partition coefficient (Wildman–Crippen LogP) is 1.96. The van der Waals surface area contributed by atoms with Crippen LogP contribution in [0.4, 0.5) is 0 Å². The fraction of sp³-hybridized carbons (Fsp3) is 0.389. The third-order valence-corrected chi connectivity index (χ3v) is 4.71. The van der Waals surface area contributed by atoms with Gasteiger partial charge >= 0.3 is 0 Å². The van der Waals surface area contributed by atoms with E-state index in [4.69, 9.17) is 0 Å². The number of hydrogen-bond acceptors (Lipinski definition) is 4. The summed E-state index contributed by atoms with van der Waals surface area (Å²) in [5.41, 5.74) is 4.74. The molecule has 8 heteroatoms. The first-order valence-corrected chi connectivity index (χ1v) is 8.71. The topological polar surface area (TPSA) is 87.6 Å².